The summed E-state index contributed by atoms with van der Waals surface area (Å²) in [6.07, 6.45) is 0.421. The van der Waals surface area contributed by atoms with Crippen molar-refractivity contribution in [3.63, 3.8) is 0 Å². The van der Waals surface area contributed by atoms with Crippen molar-refractivity contribution in [1.29, 1.82) is 0 Å². The van der Waals surface area contributed by atoms with Gasteiger partial charge in [0.2, 0.25) is 0 Å². The van der Waals surface area contributed by atoms with Crippen LogP contribution in [0.2, 0.25) is 0 Å². The zero-order valence-corrected chi connectivity index (χ0v) is 12.3. The molecule has 0 heterocycles. The second kappa shape index (κ2) is 8.74. The van der Waals surface area contributed by atoms with Gasteiger partial charge in [-0.2, -0.15) is 0 Å². The van der Waals surface area contributed by atoms with Gasteiger partial charge in [0.15, 0.2) is 0 Å². The first kappa shape index (κ1) is 17.7. The van der Waals surface area contributed by atoms with Gasteiger partial charge in [0.25, 0.3) is 0 Å². The maximum atomic E-state index is 11.6. The van der Waals surface area contributed by atoms with Gasteiger partial charge in [-0.05, 0) is 26.2 Å². The molecule has 0 rings (SSSR count). The van der Waals surface area contributed by atoms with Crippen LogP contribution in [-0.4, -0.2) is 42.4 Å². The summed E-state index contributed by atoms with van der Waals surface area (Å²) in [5, 5.41) is 14.0. The third-order valence-electron chi connectivity index (χ3n) is 2.40. The molecule has 19 heavy (non-hydrogen) atoms. The van der Waals surface area contributed by atoms with Gasteiger partial charge in [0, 0.05) is 25.1 Å². The van der Waals surface area contributed by atoms with E-state index < -0.39 is 11.5 Å². The number of amides is 2. The van der Waals surface area contributed by atoms with Gasteiger partial charge in [0.05, 0.1) is 6.61 Å². The molecule has 0 aliphatic rings. The summed E-state index contributed by atoms with van der Waals surface area (Å²) in [6, 6.07) is -0.302. The van der Waals surface area contributed by atoms with Crippen molar-refractivity contribution in [2.75, 3.05) is 19.8 Å². The van der Waals surface area contributed by atoms with Crippen LogP contribution in [0.4, 0.5) is 4.79 Å². The van der Waals surface area contributed by atoms with Crippen molar-refractivity contribution >= 4 is 12.0 Å². The Bertz CT molecular complexity index is 290. The summed E-state index contributed by atoms with van der Waals surface area (Å²) in [5.41, 5.74) is -0.540. The molecular weight excluding hydrogens is 248 g/mol. The Morgan fingerprint density at radius 3 is 2.47 bits per heavy atom. The summed E-state index contributed by atoms with van der Waals surface area (Å²) in [4.78, 5) is 22.1. The minimum absolute atomic E-state index is 0.0325. The quantitative estimate of drug-likeness (QED) is 0.557. The minimum atomic E-state index is -0.864. The second-order valence-electron chi connectivity index (χ2n) is 5.63. The maximum absolute atomic E-state index is 11.6. The Morgan fingerprint density at radius 1 is 1.32 bits per heavy atom. The molecule has 0 saturated carbocycles. The van der Waals surface area contributed by atoms with Crippen LogP contribution >= 0.6 is 0 Å². The monoisotopic (exact) mass is 274 g/mol. The zero-order chi connectivity index (χ0) is 14.9. The Hall–Kier alpha value is -1.30. The number of hydrogen-bond donors (Lipinski definition) is 3. The molecule has 6 heteroatoms. The van der Waals surface area contributed by atoms with Crippen molar-refractivity contribution in [1.82, 2.24) is 10.6 Å². The van der Waals surface area contributed by atoms with Crippen molar-refractivity contribution in [2.24, 2.45) is 5.92 Å². The number of rotatable bonds is 9. The molecule has 0 aliphatic heterocycles. The smallest absolute Gasteiger partial charge is 0.315 e. The molecule has 0 spiro atoms. The predicted molar refractivity (Wildman–Crippen MR) is 73.1 cm³/mol. The van der Waals surface area contributed by atoms with E-state index in [0.717, 1.165) is 0 Å². The van der Waals surface area contributed by atoms with E-state index in [4.69, 9.17) is 9.84 Å². The number of carbonyl (C=O) groups excluding carboxylic acids is 1. The van der Waals surface area contributed by atoms with Crippen LogP contribution in [-0.2, 0) is 9.53 Å². The Labute approximate surface area is 114 Å². The summed E-state index contributed by atoms with van der Waals surface area (Å²) in [7, 11) is 0. The van der Waals surface area contributed by atoms with Gasteiger partial charge in [-0.25, -0.2) is 4.79 Å². The molecule has 2 amide bonds. The van der Waals surface area contributed by atoms with E-state index in [1.807, 2.05) is 0 Å². The summed E-state index contributed by atoms with van der Waals surface area (Å²) >= 11 is 0. The topological polar surface area (TPSA) is 87.7 Å². The average molecular weight is 274 g/mol. The van der Waals surface area contributed by atoms with Gasteiger partial charge < -0.3 is 20.5 Å². The summed E-state index contributed by atoms with van der Waals surface area (Å²) in [6.45, 7) is 9.30. The number of carboxylic acid groups (broad SMARTS) is 1. The molecule has 112 valence electrons. The van der Waals surface area contributed by atoms with E-state index in [1.165, 1.54) is 0 Å². The van der Waals surface area contributed by atoms with Crippen LogP contribution < -0.4 is 10.6 Å². The lowest BCUT2D eigenvalue weighted by Gasteiger charge is -2.25. The average Bonchev–Trinajstić information content (AvgIpc) is 2.25. The molecule has 0 radical (unpaired) electrons. The molecule has 0 aromatic rings. The number of nitrogens with one attached hydrogen (secondary N) is 2. The number of ether oxygens (including phenoxy) is 1. The molecular formula is C13H26N2O4. The number of carboxylic acids is 1. The first-order chi connectivity index (χ1) is 8.73. The predicted octanol–water partition coefficient (Wildman–Crippen LogP) is 1.60. The molecule has 0 aromatic carbocycles. The van der Waals surface area contributed by atoms with Gasteiger partial charge in [-0.1, -0.05) is 13.8 Å². The van der Waals surface area contributed by atoms with Gasteiger partial charge in [-0.15, -0.1) is 0 Å². The number of carbonyl (C=O) groups is 2. The van der Waals surface area contributed by atoms with Crippen LogP contribution in [0.15, 0.2) is 0 Å². The maximum Gasteiger partial charge on any atom is 0.315 e. The fourth-order valence-corrected chi connectivity index (χ4v) is 1.39. The highest BCUT2D eigenvalue weighted by molar-refractivity contribution is 5.74. The summed E-state index contributed by atoms with van der Waals surface area (Å²) in [5.74, 6) is -0.388. The second-order valence-corrected chi connectivity index (χ2v) is 5.63. The lowest BCUT2D eigenvalue weighted by atomic mass is 9.99. The highest BCUT2D eigenvalue weighted by Gasteiger charge is 2.21. The molecule has 3 N–H and O–H groups in total. The van der Waals surface area contributed by atoms with E-state index in [9.17, 15) is 9.59 Å². The van der Waals surface area contributed by atoms with Gasteiger partial charge in [0.1, 0.15) is 0 Å². The molecule has 0 fully saturated rings. The fraction of sp³-hybridized carbons (Fsp3) is 0.846. The number of aliphatic carboxylic acids is 1. The Morgan fingerprint density at radius 2 is 1.95 bits per heavy atom. The number of urea groups is 1. The van der Waals surface area contributed by atoms with E-state index in [1.54, 1.807) is 13.8 Å². The Kier molecular flexibility index (Phi) is 8.14. The van der Waals surface area contributed by atoms with Crippen molar-refractivity contribution < 1.29 is 19.4 Å². The molecule has 0 atom stereocenters. The lowest BCUT2D eigenvalue weighted by Crippen LogP contribution is -2.49. The van der Waals surface area contributed by atoms with Crippen molar-refractivity contribution in [3.8, 4) is 0 Å². The Balaban J connectivity index is 3.74. The minimum Gasteiger partial charge on any atom is -0.481 e. The third-order valence-corrected chi connectivity index (χ3v) is 2.40. The van der Waals surface area contributed by atoms with Gasteiger partial charge >= 0.3 is 12.0 Å². The van der Waals surface area contributed by atoms with Crippen LogP contribution in [0.1, 0.15) is 40.5 Å². The molecule has 0 aliphatic carbocycles. The highest BCUT2D eigenvalue weighted by atomic mass is 16.5. The fourth-order valence-electron chi connectivity index (χ4n) is 1.39. The van der Waals surface area contributed by atoms with E-state index in [0.29, 0.717) is 32.1 Å². The largest absolute Gasteiger partial charge is 0.481 e. The molecule has 0 saturated heterocycles. The van der Waals surface area contributed by atoms with Crippen LogP contribution in [0.25, 0.3) is 0 Å². The molecule has 0 aromatic heterocycles. The molecule has 0 unspecified atom stereocenters. The van der Waals surface area contributed by atoms with Crippen molar-refractivity contribution in [3.05, 3.63) is 0 Å². The van der Waals surface area contributed by atoms with Crippen LogP contribution in [0.3, 0.4) is 0 Å². The van der Waals surface area contributed by atoms with Crippen LogP contribution in [0, 0.1) is 5.92 Å². The lowest BCUT2D eigenvalue weighted by molar-refractivity contribution is -0.137. The normalized spacial score (nSPS) is 11.4. The van der Waals surface area contributed by atoms with E-state index in [-0.39, 0.29) is 12.5 Å². The SMILES string of the molecule is CC(C)COCCNC(=O)NC(C)(C)CCC(=O)O. The first-order valence-electron chi connectivity index (χ1n) is 6.58. The van der Waals surface area contributed by atoms with Crippen molar-refractivity contribution in [2.45, 2.75) is 46.1 Å². The third kappa shape index (κ3) is 11.5. The van der Waals surface area contributed by atoms with E-state index in [2.05, 4.69) is 24.5 Å². The first-order valence-corrected chi connectivity index (χ1v) is 6.58. The molecule has 6 nitrogen and oxygen atoms in total. The van der Waals surface area contributed by atoms with Gasteiger partial charge in [-0.3, -0.25) is 4.79 Å². The highest BCUT2D eigenvalue weighted by Crippen LogP contribution is 2.10. The molecule has 0 bridgehead atoms. The number of hydrogen-bond acceptors (Lipinski definition) is 3. The zero-order valence-electron chi connectivity index (χ0n) is 12.3. The summed E-state index contributed by atoms with van der Waals surface area (Å²) < 4.78 is 5.33. The van der Waals surface area contributed by atoms with E-state index >= 15 is 0 Å². The van der Waals surface area contributed by atoms with Crippen LogP contribution in [0.5, 0.6) is 0 Å². The standard InChI is InChI=1S/C13H26N2O4/c1-10(2)9-19-8-7-14-12(18)15-13(3,4)6-5-11(16)17/h10H,5-9H2,1-4H3,(H,16,17)(H2,14,15,18).